The number of hydrogen-bond donors (Lipinski definition) is 2. The van der Waals surface area contributed by atoms with E-state index in [9.17, 15) is 9.59 Å². The SMILES string of the molecule is C[C@@]12C[C@@H](c3ccccc3O1)[C@H](C(N)=O)C(=O)N2CCCNc1ccnc2cc(Cl)ccc12. The lowest BCUT2D eigenvalue weighted by Gasteiger charge is -2.52. The first-order chi connectivity index (χ1) is 15.9. The molecular formula is C25H25ClN4O3. The summed E-state index contributed by atoms with van der Waals surface area (Å²) in [5.74, 6) is -1.30. The molecule has 1 saturated heterocycles. The number of likely N-dealkylation sites (tertiary alicyclic amines) is 1. The number of hydrogen-bond acceptors (Lipinski definition) is 5. The van der Waals surface area contributed by atoms with Gasteiger partial charge in [0.15, 0.2) is 5.72 Å². The van der Waals surface area contributed by atoms with Gasteiger partial charge in [-0.1, -0.05) is 29.8 Å². The van der Waals surface area contributed by atoms with Crippen LogP contribution in [0, 0.1) is 5.92 Å². The number of piperidine rings is 1. The summed E-state index contributed by atoms with van der Waals surface area (Å²) in [4.78, 5) is 31.7. The summed E-state index contributed by atoms with van der Waals surface area (Å²) in [7, 11) is 0. The van der Waals surface area contributed by atoms with Crippen LogP contribution in [0.2, 0.25) is 5.02 Å². The van der Waals surface area contributed by atoms with Crippen LogP contribution in [-0.2, 0) is 9.59 Å². The highest BCUT2D eigenvalue weighted by Gasteiger charge is 2.55. The molecule has 2 aromatic carbocycles. The van der Waals surface area contributed by atoms with E-state index in [2.05, 4.69) is 10.3 Å². The second-order valence-electron chi connectivity index (χ2n) is 8.80. The first-order valence-corrected chi connectivity index (χ1v) is 11.4. The molecule has 0 spiro atoms. The van der Waals surface area contributed by atoms with Gasteiger partial charge in [0.25, 0.3) is 0 Å². The van der Waals surface area contributed by atoms with Crippen molar-refractivity contribution in [3.05, 3.63) is 65.3 Å². The normalized spacial score (nSPS) is 23.7. The molecule has 5 rings (SSSR count). The number of aromatic nitrogens is 1. The van der Waals surface area contributed by atoms with Crippen LogP contribution in [0.25, 0.3) is 10.9 Å². The number of carbonyl (C=O) groups excluding carboxylic acids is 2. The van der Waals surface area contributed by atoms with Crippen molar-refractivity contribution in [2.75, 3.05) is 18.4 Å². The van der Waals surface area contributed by atoms with Gasteiger partial charge in [-0.25, -0.2) is 0 Å². The Morgan fingerprint density at radius 3 is 2.94 bits per heavy atom. The molecular weight excluding hydrogens is 440 g/mol. The molecule has 8 heteroatoms. The van der Waals surface area contributed by atoms with Crippen molar-refractivity contribution >= 4 is 40.0 Å². The van der Waals surface area contributed by atoms with E-state index in [4.69, 9.17) is 22.1 Å². The minimum absolute atomic E-state index is 0.264. The van der Waals surface area contributed by atoms with E-state index < -0.39 is 17.6 Å². The van der Waals surface area contributed by atoms with E-state index in [-0.39, 0.29) is 11.8 Å². The fraction of sp³-hybridized carbons (Fsp3) is 0.320. The molecule has 7 nitrogen and oxygen atoms in total. The molecule has 1 fully saturated rings. The summed E-state index contributed by atoms with van der Waals surface area (Å²) in [6.07, 6.45) is 2.94. The minimum atomic E-state index is -0.884. The quantitative estimate of drug-likeness (QED) is 0.425. The third-order valence-corrected chi connectivity index (χ3v) is 6.87. The summed E-state index contributed by atoms with van der Waals surface area (Å²) < 4.78 is 6.30. The molecule has 3 N–H and O–H groups in total. The van der Waals surface area contributed by atoms with Crippen molar-refractivity contribution < 1.29 is 14.3 Å². The number of anilines is 1. The van der Waals surface area contributed by atoms with Gasteiger partial charge in [-0.05, 0) is 49.2 Å². The van der Waals surface area contributed by atoms with Crippen molar-refractivity contribution in [1.82, 2.24) is 9.88 Å². The minimum Gasteiger partial charge on any atom is -0.468 e. The number of rotatable bonds is 6. The van der Waals surface area contributed by atoms with Gasteiger partial charge >= 0.3 is 0 Å². The Bertz CT molecular complexity index is 1250. The fourth-order valence-electron chi connectivity index (χ4n) is 5.11. The van der Waals surface area contributed by atoms with Gasteiger partial charge in [-0.15, -0.1) is 0 Å². The van der Waals surface area contributed by atoms with Crippen LogP contribution < -0.4 is 15.8 Å². The van der Waals surface area contributed by atoms with Crippen molar-refractivity contribution in [3.8, 4) is 5.75 Å². The van der Waals surface area contributed by atoms with E-state index in [1.54, 1.807) is 11.1 Å². The van der Waals surface area contributed by atoms with E-state index in [0.717, 1.165) is 22.2 Å². The zero-order chi connectivity index (χ0) is 23.2. The van der Waals surface area contributed by atoms with Gasteiger partial charge in [0.05, 0.1) is 5.52 Å². The lowest BCUT2D eigenvalue weighted by Crippen LogP contribution is -2.64. The highest BCUT2D eigenvalue weighted by atomic mass is 35.5. The van der Waals surface area contributed by atoms with Gasteiger partial charge < -0.3 is 20.7 Å². The number of benzene rings is 2. The number of halogens is 1. The molecule has 0 unspecified atom stereocenters. The van der Waals surface area contributed by atoms with Crippen LogP contribution in [0.3, 0.4) is 0 Å². The Kier molecular flexibility index (Phi) is 5.37. The van der Waals surface area contributed by atoms with Gasteiger partial charge in [0, 0.05) is 47.7 Å². The molecule has 2 aliphatic heterocycles. The van der Waals surface area contributed by atoms with Gasteiger partial charge in [-0.3, -0.25) is 14.6 Å². The molecule has 3 aromatic rings. The van der Waals surface area contributed by atoms with Crippen LogP contribution in [0.1, 0.15) is 31.2 Å². The first-order valence-electron chi connectivity index (χ1n) is 11.0. The largest absolute Gasteiger partial charge is 0.468 e. The highest BCUT2D eigenvalue weighted by Crippen LogP contribution is 2.49. The molecule has 2 amide bonds. The van der Waals surface area contributed by atoms with Crippen molar-refractivity contribution in [2.24, 2.45) is 11.7 Å². The molecule has 33 heavy (non-hydrogen) atoms. The number of carbonyl (C=O) groups is 2. The number of amides is 2. The van der Waals surface area contributed by atoms with Crippen molar-refractivity contribution in [1.29, 1.82) is 0 Å². The number of nitrogens with zero attached hydrogens (tertiary/aromatic N) is 2. The number of nitrogens with two attached hydrogens (primary N) is 1. The Balaban J connectivity index is 1.33. The molecule has 0 aliphatic carbocycles. The third-order valence-electron chi connectivity index (χ3n) is 6.64. The molecule has 2 bridgehead atoms. The molecule has 170 valence electrons. The van der Waals surface area contributed by atoms with Crippen molar-refractivity contribution in [2.45, 2.75) is 31.4 Å². The Hall–Kier alpha value is -3.32. The van der Waals surface area contributed by atoms with Gasteiger partial charge in [-0.2, -0.15) is 0 Å². The number of nitrogens with one attached hydrogen (secondary N) is 1. The molecule has 0 radical (unpaired) electrons. The van der Waals surface area contributed by atoms with Crippen LogP contribution in [0.15, 0.2) is 54.7 Å². The van der Waals surface area contributed by atoms with Crippen LogP contribution in [0.4, 0.5) is 5.69 Å². The Morgan fingerprint density at radius 1 is 1.30 bits per heavy atom. The predicted octanol–water partition coefficient (Wildman–Crippen LogP) is 3.92. The number of pyridine rings is 1. The monoisotopic (exact) mass is 464 g/mol. The van der Waals surface area contributed by atoms with Crippen LogP contribution in [0.5, 0.6) is 5.75 Å². The maximum Gasteiger partial charge on any atom is 0.238 e. The number of para-hydroxylation sites is 1. The highest BCUT2D eigenvalue weighted by molar-refractivity contribution is 6.31. The summed E-state index contributed by atoms with van der Waals surface area (Å²) in [6.45, 7) is 2.98. The first kappa shape index (κ1) is 21.5. The lowest BCUT2D eigenvalue weighted by atomic mass is 9.73. The molecule has 0 saturated carbocycles. The molecule has 1 aromatic heterocycles. The standard InChI is InChI=1S/C25H25ClN4O3/c1-25-14-18(16-5-2-3-6-21(16)33-25)22(23(27)31)24(32)30(25)12-4-10-28-19-9-11-29-20-13-15(26)7-8-17(19)20/h2-3,5-9,11,13,18,22H,4,10,12,14H2,1H3,(H2,27,31)(H,28,29)/t18-,22+,25-/m0/s1. The lowest BCUT2D eigenvalue weighted by molar-refractivity contribution is -0.175. The Labute approximate surface area is 196 Å². The summed E-state index contributed by atoms with van der Waals surface area (Å²) in [5.41, 5.74) is 7.52. The number of primary amides is 1. The summed E-state index contributed by atoms with van der Waals surface area (Å²) in [5, 5.41) is 5.04. The number of ether oxygens (including phenoxy) is 1. The van der Waals surface area contributed by atoms with E-state index in [1.807, 2.05) is 55.5 Å². The Morgan fingerprint density at radius 2 is 2.12 bits per heavy atom. The maximum absolute atomic E-state index is 13.4. The zero-order valence-corrected chi connectivity index (χ0v) is 19.0. The third kappa shape index (κ3) is 3.76. The van der Waals surface area contributed by atoms with E-state index in [0.29, 0.717) is 36.7 Å². The maximum atomic E-state index is 13.4. The second kappa shape index (κ2) is 8.23. The fourth-order valence-corrected chi connectivity index (χ4v) is 5.28. The van der Waals surface area contributed by atoms with Gasteiger partial charge in [0.2, 0.25) is 11.8 Å². The number of fused-ring (bicyclic) bond motifs is 5. The zero-order valence-electron chi connectivity index (χ0n) is 18.3. The average molecular weight is 465 g/mol. The smallest absolute Gasteiger partial charge is 0.238 e. The molecule has 2 aliphatic rings. The topological polar surface area (TPSA) is 97.5 Å². The van der Waals surface area contributed by atoms with Crippen LogP contribution in [-0.4, -0.2) is 40.5 Å². The predicted molar refractivity (Wildman–Crippen MR) is 127 cm³/mol. The second-order valence-corrected chi connectivity index (χ2v) is 9.23. The summed E-state index contributed by atoms with van der Waals surface area (Å²) >= 11 is 6.08. The van der Waals surface area contributed by atoms with Gasteiger partial charge in [0.1, 0.15) is 11.7 Å². The van der Waals surface area contributed by atoms with Crippen molar-refractivity contribution in [3.63, 3.8) is 0 Å². The molecule has 3 heterocycles. The van der Waals surface area contributed by atoms with E-state index >= 15 is 0 Å². The summed E-state index contributed by atoms with van der Waals surface area (Å²) in [6, 6.07) is 15.1. The van der Waals surface area contributed by atoms with E-state index in [1.165, 1.54) is 0 Å². The molecule has 3 atom stereocenters. The average Bonchev–Trinajstić information content (AvgIpc) is 2.77. The van der Waals surface area contributed by atoms with Crippen LogP contribution >= 0.6 is 11.6 Å².